The van der Waals surface area contributed by atoms with Crippen LogP contribution in [0.25, 0.3) is 6.08 Å². The summed E-state index contributed by atoms with van der Waals surface area (Å²) in [6, 6.07) is 14.4. The summed E-state index contributed by atoms with van der Waals surface area (Å²) in [5, 5.41) is 13.8. The fourth-order valence-corrected chi connectivity index (χ4v) is 3.54. The van der Waals surface area contributed by atoms with Gasteiger partial charge in [0.15, 0.2) is 0 Å². The first-order valence-corrected chi connectivity index (χ1v) is 10.3. The van der Waals surface area contributed by atoms with Crippen LogP contribution in [0.15, 0.2) is 54.6 Å². The molecule has 0 spiro atoms. The van der Waals surface area contributed by atoms with Crippen LogP contribution in [0.2, 0.25) is 0 Å². The monoisotopic (exact) mass is 408 g/mol. The number of nitrogens with zero attached hydrogens (tertiary/aromatic N) is 3. The number of non-ortho nitro benzene ring substituents is 1. The van der Waals surface area contributed by atoms with Crippen molar-refractivity contribution >= 4 is 17.7 Å². The summed E-state index contributed by atoms with van der Waals surface area (Å²) >= 11 is 0. The van der Waals surface area contributed by atoms with Gasteiger partial charge in [0.05, 0.1) is 4.92 Å². The number of nitrogens with one attached hydrogen (secondary N) is 1. The zero-order chi connectivity index (χ0) is 21.3. The van der Waals surface area contributed by atoms with Crippen LogP contribution in [0.5, 0.6) is 0 Å². The van der Waals surface area contributed by atoms with Crippen LogP contribution < -0.4 is 5.32 Å². The molecule has 0 aliphatic carbocycles. The van der Waals surface area contributed by atoms with E-state index in [2.05, 4.69) is 28.1 Å². The second-order valence-corrected chi connectivity index (χ2v) is 7.38. The summed E-state index contributed by atoms with van der Waals surface area (Å²) in [5.74, 6) is -0.229. The maximum atomic E-state index is 12.2. The van der Waals surface area contributed by atoms with Crippen LogP contribution in [0, 0.1) is 10.1 Å². The van der Waals surface area contributed by atoms with E-state index in [4.69, 9.17) is 0 Å². The third kappa shape index (κ3) is 6.23. The van der Waals surface area contributed by atoms with Gasteiger partial charge >= 0.3 is 0 Å². The predicted octanol–water partition coefficient (Wildman–Crippen LogP) is 3.06. The average molecular weight is 409 g/mol. The third-order valence-corrected chi connectivity index (χ3v) is 5.39. The van der Waals surface area contributed by atoms with Crippen LogP contribution in [0.3, 0.4) is 0 Å². The van der Waals surface area contributed by atoms with Crippen molar-refractivity contribution in [3.05, 3.63) is 81.4 Å². The lowest BCUT2D eigenvalue weighted by molar-refractivity contribution is -0.384. The molecule has 1 heterocycles. The van der Waals surface area contributed by atoms with E-state index >= 15 is 0 Å². The Labute approximate surface area is 177 Å². The normalized spacial score (nSPS) is 15.4. The lowest BCUT2D eigenvalue weighted by atomic mass is 10.1. The molecule has 0 saturated carbocycles. The number of hydrogen-bond acceptors (Lipinski definition) is 5. The molecule has 2 aromatic rings. The molecule has 2 aromatic carbocycles. The molecule has 1 saturated heterocycles. The summed E-state index contributed by atoms with van der Waals surface area (Å²) in [6.07, 6.45) is 2.99. The van der Waals surface area contributed by atoms with Crippen LogP contribution >= 0.6 is 0 Å². The zero-order valence-corrected chi connectivity index (χ0v) is 17.3. The lowest BCUT2D eigenvalue weighted by Gasteiger charge is -2.34. The second-order valence-electron chi connectivity index (χ2n) is 7.38. The second kappa shape index (κ2) is 10.7. The molecule has 0 unspecified atom stereocenters. The van der Waals surface area contributed by atoms with E-state index in [1.54, 1.807) is 18.2 Å². The fourth-order valence-electron chi connectivity index (χ4n) is 3.54. The minimum absolute atomic E-state index is 0.00579. The van der Waals surface area contributed by atoms with E-state index in [0.717, 1.165) is 44.8 Å². The Morgan fingerprint density at radius 3 is 2.47 bits per heavy atom. The highest BCUT2D eigenvalue weighted by Crippen LogP contribution is 2.15. The Bertz CT molecular complexity index is 905. The molecular weight excluding hydrogens is 380 g/mol. The van der Waals surface area contributed by atoms with Crippen LogP contribution in [-0.4, -0.2) is 53.4 Å². The summed E-state index contributed by atoms with van der Waals surface area (Å²) < 4.78 is 0. The number of likely N-dealkylation sites (N-methyl/N-ethyl adjacent to an activating group) is 1. The summed E-state index contributed by atoms with van der Waals surface area (Å²) in [4.78, 5) is 27.5. The molecule has 3 rings (SSSR count). The topological polar surface area (TPSA) is 78.7 Å². The van der Waals surface area contributed by atoms with Crippen LogP contribution in [-0.2, 0) is 17.9 Å². The molecule has 1 amide bonds. The molecule has 7 nitrogen and oxygen atoms in total. The first-order chi connectivity index (χ1) is 14.5. The molecular formula is C23H28N4O3. The number of hydrogen-bond donors (Lipinski definition) is 1. The Kier molecular flexibility index (Phi) is 7.70. The molecule has 0 bridgehead atoms. The Balaban J connectivity index is 1.55. The van der Waals surface area contributed by atoms with Crippen molar-refractivity contribution in [2.75, 3.05) is 32.7 Å². The highest BCUT2D eigenvalue weighted by atomic mass is 16.6. The van der Waals surface area contributed by atoms with Crippen molar-refractivity contribution in [2.24, 2.45) is 0 Å². The third-order valence-electron chi connectivity index (χ3n) is 5.39. The quantitative estimate of drug-likeness (QED) is 0.413. The van der Waals surface area contributed by atoms with Crippen molar-refractivity contribution < 1.29 is 9.72 Å². The number of nitro benzene ring substituents is 1. The van der Waals surface area contributed by atoms with Crippen molar-refractivity contribution in [1.82, 2.24) is 15.1 Å². The van der Waals surface area contributed by atoms with Gasteiger partial charge in [0.1, 0.15) is 0 Å². The maximum absolute atomic E-state index is 12.2. The van der Waals surface area contributed by atoms with E-state index in [9.17, 15) is 14.9 Å². The van der Waals surface area contributed by atoms with E-state index < -0.39 is 4.92 Å². The van der Waals surface area contributed by atoms with Crippen molar-refractivity contribution in [1.29, 1.82) is 0 Å². The minimum Gasteiger partial charge on any atom is -0.348 e. The van der Waals surface area contributed by atoms with Crippen LogP contribution in [0.4, 0.5) is 5.69 Å². The van der Waals surface area contributed by atoms with Crippen molar-refractivity contribution in [3.8, 4) is 0 Å². The molecule has 0 radical (unpaired) electrons. The number of amides is 1. The van der Waals surface area contributed by atoms with Gasteiger partial charge in [-0.05, 0) is 29.3 Å². The number of benzene rings is 2. The van der Waals surface area contributed by atoms with E-state index in [1.807, 2.05) is 18.2 Å². The van der Waals surface area contributed by atoms with Gasteiger partial charge in [-0.3, -0.25) is 19.8 Å². The molecule has 0 aromatic heterocycles. The number of carbonyl (C=O) groups is 1. The first kappa shape index (κ1) is 21.7. The Morgan fingerprint density at radius 1 is 1.07 bits per heavy atom. The number of nitro groups is 1. The molecule has 1 aliphatic heterocycles. The number of carbonyl (C=O) groups excluding carboxylic acids is 1. The molecule has 1 fully saturated rings. The average Bonchev–Trinajstić information content (AvgIpc) is 2.78. The maximum Gasteiger partial charge on any atom is 0.270 e. The summed E-state index contributed by atoms with van der Waals surface area (Å²) in [6.45, 7) is 8.93. The molecule has 1 aliphatic rings. The first-order valence-electron chi connectivity index (χ1n) is 10.3. The highest BCUT2D eigenvalue weighted by Gasteiger charge is 2.16. The smallest absolute Gasteiger partial charge is 0.270 e. The molecule has 158 valence electrons. The van der Waals surface area contributed by atoms with E-state index in [-0.39, 0.29) is 11.6 Å². The number of piperazine rings is 1. The SMILES string of the molecule is CCN1CCN(Cc2ccccc2CNC(=O)/C=C/c2cccc([N+](=O)[O-])c2)CC1. The van der Waals surface area contributed by atoms with Crippen molar-refractivity contribution in [2.45, 2.75) is 20.0 Å². The van der Waals surface area contributed by atoms with E-state index in [0.29, 0.717) is 12.1 Å². The van der Waals surface area contributed by atoms with Crippen LogP contribution in [0.1, 0.15) is 23.6 Å². The van der Waals surface area contributed by atoms with Gasteiger partial charge in [0, 0.05) is 57.5 Å². The Morgan fingerprint density at radius 2 is 1.77 bits per heavy atom. The summed E-state index contributed by atoms with van der Waals surface area (Å²) in [7, 11) is 0. The molecule has 0 atom stereocenters. The zero-order valence-electron chi connectivity index (χ0n) is 17.3. The number of rotatable bonds is 8. The van der Waals surface area contributed by atoms with Gasteiger partial charge in [0.25, 0.3) is 5.69 Å². The Hall–Kier alpha value is -3.03. The standard InChI is InChI=1S/C23H28N4O3/c1-2-25-12-14-26(15-13-25)18-21-8-4-3-7-20(21)17-24-23(28)11-10-19-6-5-9-22(16-19)27(29)30/h3-11,16H,2,12-15,17-18H2,1H3,(H,24,28)/b11-10+. The molecule has 7 heteroatoms. The summed E-state index contributed by atoms with van der Waals surface area (Å²) in [5.41, 5.74) is 2.95. The van der Waals surface area contributed by atoms with Gasteiger partial charge in [-0.25, -0.2) is 0 Å². The fraction of sp³-hybridized carbons (Fsp3) is 0.348. The van der Waals surface area contributed by atoms with Gasteiger partial charge in [-0.1, -0.05) is 43.3 Å². The van der Waals surface area contributed by atoms with Gasteiger partial charge in [0.2, 0.25) is 5.91 Å². The van der Waals surface area contributed by atoms with Gasteiger partial charge < -0.3 is 10.2 Å². The lowest BCUT2D eigenvalue weighted by Crippen LogP contribution is -2.45. The van der Waals surface area contributed by atoms with Crippen molar-refractivity contribution in [3.63, 3.8) is 0 Å². The largest absolute Gasteiger partial charge is 0.348 e. The van der Waals surface area contributed by atoms with Gasteiger partial charge in [-0.15, -0.1) is 0 Å². The van der Waals surface area contributed by atoms with Gasteiger partial charge in [-0.2, -0.15) is 0 Å². The van der Waals surface area contributed by atoms with E-state index in [1.165, 1.54) is 23.8 Å². The predicted molar refractivity (Wildman–Crippen MR) is 118 cm³/mol. The minimum atomic E-state index is -0.448. The molecule has 30 heavy (non-hydrogen) atoms. The highest BCUT2D eigenvalue weighted by molar-refractivity contribution is 5.91. The molecule has 1 N–H and O–H groups in total.